The number of amides is 4. The Labute approximate surface area is 154 Å². The standard InChI is InChI=1S/C17H19N5O3S/c1-10-5-4-6-11(7-10)8-14-19-20-16(26-14)18-13(23)9-12-15(24)22(3)17(25)21(12)2/h4-7,12H,8-9H2,1-3H3,(H,18,20,23). The number of nitrogens with one attached hydrogen (secondary N) is 1. The predicted octanol–water partition coefficient (Wildman–Crippen LogP) is 1.66. The number of carbonyl (C=O) groups excluding carboxylic acids is 3. The molecule has 1 fully saturated rings. The van der Waals surface area contributed by atoms with Gasteiger partial charge in [0.15, 0.2) is 0 Å². The van der Waals surface area contributed by atoms with Crippen LogP contribution in [0.15, 0.2) is 24.3 Å². The lowest BCUT2D eigenvalue weighted by molar-refractivity contribution is -0.129. The summed E-state index contributed by atoms with van der Waals surface area (Å²) in [5, 5.41) is 11.9. The van der Waals surface area contributed by atoms with Gasteiger partial charge in [-0.1, -0.05) is 41.2 Å². The van der Waals surface area contributed by atoms with Gasteiger partial charge in [-0.05, 0) is 12.5 Å². The molecule has 0 bridgehead atoms. The van der Waals surface area contributed by atoms with E-state index in [2.05, 4.69) is 21.6 Å². The third-order valence-corrected chi connectivity index (χ3v) is 5.04. The third kappa shape index (κ3) is 3.72. The quantitative estimate of drug-likeness (QED) is 0.804. The van der Waals surface area contributed by atoms with E-state index < -0.39 is 12.1 Å². The summed E-state index contributed by atoms with van der Waals surface area (Å²) in [4.78, 5) is 38.2. The van der Waals surface area contributed by atoms with Crippen molar-refractivity contribution in [1.82, 2.24) is 20.0 Å². The van der Waals surface area contributed by atoms with Gasteiger partial charge in [0.05, 0.1) is 6.42 Å². The van der Waals surface area contributed by atoms with E-state index in [1.165, 1.54) is 35.9 Å². The summed E-state index contributed by atoms with van der Waals surface area (Å²) in [5.74, 6) is -0.762. The van der Waals surface area contributed by atoms with E-state index in [9.17, 15) is 14.4 Å². The fourth-order valence-corrected chi connectivity index (χ4v) is 3.59. The Morgan fingerprint density at radius 1 is 1.27 bits per heavy atom. The minimum absolute atomic E-state index is 0.113. The smallest absolute Gasteiger partial charge is 0.315 e. The van der Waals surface area contributed by atoms with Gasteiger partial charge in [-0.2, -0.15) is 0 Å². The van der Waals surface area contributed by atoms with Gasteiger partial charge < -0.3 is 10.2 Å². The molecule has 1 aliphatic heterocycles. The molecule has 136 valence electrons. The maximum absolute atomic E-state index is 12.2. The van der Waals surface area contributed by atoms with E-state index in [0.717, 1.165) is 15.5 Å². The molecule has 1 atom stereocenters. The zero-order valence-electron chi connectivity index (χ0n) is 14.7. The highest BCUT2D eigenvalue weighted by atomic mass is 32.1. The molecule has 2 aromatic rings. The van der Waals surface area contributed by atoms with Crippen LogP contribution in [-0.4, -0.2) is 58.0 Å². The Hall–Kier alpha value is -2.81. The van der Waals surface area contributed by atoms with Crippen LogP contribution in [0.3, 0.4) is 0 Å². The van der Waals surface area contributed by atoms with Crippen molar-refractivity contribution in [3.63, 3.8) is 0 Å². The van der Waals surface area contributed by atoms with Gasteiger partial charge in [-0.25, -0.2) is 4.79 Å². The Kier molecular flexibility index (Phi) is 4.99. The van der Waals surface area contributed by atoms with Gasteiger partial charge in [0.1, 0.15) is 11.0 Å². The van der Waals surface area contributed by atoms with Gasteiger partial charge in [-0.15, -0.1) is 10.2 Å². The van der Waals surface area contributed by atoms with Crippen molar-refractivity contribution in [2.24, 2.45) is 0 Å². The zero-order chi connectivity index (χ0) is 18.8. The Balaban J connectivity index is 1.60. The highest BCUT2D eigenvalue weighted by Crippen LogP contribution is 2.21. The molecule has 1 aromatic carbocycles. The van der Waals surface area contributed by atoms with Crippen molar-refractivity contribution < 1.29 is 14.4 Å². The van der Waals surface area contributed by atoms with Crippen molar-refractivity contribution in [2.45, 2.75) is 25.8 Å². The summed E-state index contributed by atoms with van der Waals surface area (Å²) in [5.41, 5.74) is 2.30. The van der Waals surface area contributed by atoms with E-state index in [-0.39, 0.29) is 18.2 Å². The molecule has 9 heteroatoms. The molecule has 1 aliphatic rings. The lowest BCUT2D eigenvalue weighted by Gasteiger charge is -2.14. The lowest BCUT2D eigenvalue weighted by atomic mass is 10.1. The van der Waals surface area contributed by atoms with E-state index >= 15 is 0 Å². The second kappa shape index (κ2) is 7.20. The average Bonchev–Trinajstić information content (AvgIpc) is 3.09. The maximum Gasteiger partial charge on any atom is 0.326 e. The van der Waals surface area contributed by atoms with Gasteiger partial charge in [0, 0.05) is 20.5 Å². The summed E-state index contributed by atoms with van der Waals surface area (Å²) in [6.45, 7) is 2.03. The van der Waals surface area contributed by atoms with E-state index in [0.29, 0.717) is 11.6 Å². The summed E-state index contributed by atoms with van der Waals surface area (Å²) in [6, 6.07) is 6.91. The monoisotopic (exact) mass is 373 g/mol. The maximum atomic E-state index is 12.2. The number of imide groups is 1. The van der Waals surface area contributed by atoms with Crippen molar-refractivity contribution in [3.05, 3.63) is 40.4 Å². The molecule has 8 nitrogen and oxygen atoms in total. The second-order valence-electron chi connectivity index (χ2n) is 6.23. The number of hydrogen-bond acceptors (Lipinski definition) is 6. The summed E-state index contributed by atoms with van der Waals surface area (Å²) in [6.07, 6.45) is 0.524. The fraction of sp³-hybridized carbons (Fsp3) is 0.353. The van der Waals surface area contributed by atoms with Crippen LogP contribution >= 0.6 is 11.3 Å². The first-order chi connectivity index (χ1) is 12.3. The number of nitrogens with zero attached hydrogens (tertiary/aromatic N) is 4. The van der Waals surface area contributed by atoms with Gasteiger partial charge in [0.25, 0.3) is 5.91 Å². The van der Waals surface area contributed by atoms with Gasteiger partial charge in [0.2, 0.25) is 11.0 Å². The number of hydrogen-bond donors (Lipinski definition) is 1. The number of aromatic nitrogens is 2. The van der Waals surface area contributed by atoms with Gasteiger partial charge >= 0.3 is 6.03 Å². The number of aryl methyl sites for hydroxylation is 1. The van der Waals surface area contributed by atoms with Crippen LogP contribution in [0.25, 0.3) is 0 Å². The molecule has 0 spiro atoms. The van der Waals surface area contributed by atoms with E-state index in [1.807, 2.05) is 25.1 Å². The highest BCUT2D eigenvalue weighted by Gasteiger charge is 2.41. The van der Waals surface area contributed by atoms with Crippen molar-refractivity contribution in [1.29, 1.82) is 0 Å². The molecular weight excluding hydrogens is 354 g/mol. The topological polar surface area (TPSA) is 95.5 Å². The molecule has 0 saturated carbocycles. The van der Waals surface area contributed by atoms with E-state index in [4.69, 9.17) is 0 Å². The summed E-state index contributed by atoms with van der Waals surface area (Å²) in [7, 11) is 2.91. The molecule has 0 aliphatic carbocycles. The number of anilines is 1. The van der Waals surface area contributed by atoms with Crippen LogP contribution in [0, 0.1) is 6.92 Å². The molecule has 1 aromatic heterocycles. The molecule has 1 saturated heterocycles. The Bertz CT molecular complexity index is 866. The normalized spacial score (nSPS) is 17.1. The lowest BCUT2D eigenvalue weighted by Crippen LogP contribution is -2.35. The van der Waals surface area contributed by atoms with E-state index in [1.54, 1.807) is 0 Å². The molecular formula is C17H19N5O3S. The Morgan fingerprint density at radius 3 is 2.69 bits per heavy atom. The molecule has 0 radical (unpaired) electrons. The first-order valence-corrected chi connectivity index (χ1v) is 8.89. The predicted molar refractivity (Wildman–Crippen MR) is 96.9 cm³/mol. The molecule has 1 N–H and O–H groups in total. The van der Waals surface area contributed by atoms with Crippen LogP contribution in [0.2, 0.25) is 0 Å². The van der Waals surface area contributed by atoms with Crippen LogP contribution < -0.4 is 5.32 Å². The molecule has 3 rings (SSSR count). The zero-order valence-corrected chi connectivity index (χ0v) is 15.5. The van der Waals surface area contributed by atoms with Crippen molar-refractivity contribution in [2.75, 3.05) is 19.4 Å². The number of rotatable bonds is 5. The highest BCUT2D eigenvalue weighted by molar-refractivity contribution is 7.15. The van der Waals surface area contributed by atoms with Crippen LogP contribution in [0.1, 0.15) is 22.6 Å². The number of carbonyl (C=O) groups is 3. The third-order valence-electron chi connectivity index (χ3n) is 4.20. The van der Waals surface area contributed by atoms with Crippen molar-refractivity contribution in [3.8, 4) is 0 Å². The number of benzene rings is 1. The minimum Gasteiger partial charge on any atom is -0.315 e. The SMILES string of the molecule is Cc1cccc(Cc2nnc(NC(=O)CC3C(=O)N(C)C(=O)N3C)s2)c1. The van der Waals surface area contributed by atoms with Crippen molar-refractivity contribution >= 4 is 34.3 Å². The Morgan fingerprint density at radius 2 is 2.04 bits per heavy atom. The van der Waals surface area contributed by atoms with Crippen LogP contribution in [-0.2, 0) is 16.0 Å². The second-order valence-corrected chi connectivity index (χ2v) is 7.29. The molecule has 2 heterocycles. The fourth-order valence-electron chi connectivity index (χ4n) is 2.80. The molecule has 26 heavy (non-hydrogen) atoms. The molecule has 1 unspecified atom stereocenters. The minimum atomic E-state index is -0.785. The number of likely N-dealkylation sites (N-methyl/N-ethyl adjacent to an activating group) is 2. The first kappa shape index (κ1) is 18.0. The average molecular weight is 373 g/mol. The van der Waals surface area contributed by atoms with Crippen LogP contribution in [0.4, 0.5) is 9.93 Å². The largest absolute Gasteiger partial charge is 0.326 e. The summed E-state index contributed by atoms with van der Waals surface area (Å²) >= 11 is 1.29. The van der Waals surface area contributed by atoms with Gasteiger partial charge in [-0.3, -0.25) is 14.5 Å². The summed E-state index contributed by atoms with van der Waals surface area (Å²) < 4.78 is 0. The number of urea groups is 1. The molecule has 4 amide bonds. The van der Waals surface area contributed by atoms with Crippen LogP contribution in [0.5, 0.6) is 0 Å². The first-order valence-electron chi connectivity index (χ1n) is 8.07.